The number of rotatable bonds is 5. The largest absolute Gasteiger partial charge is 0.486 e. The van der Waals surface area contributed by atoms with Crippen molar-refractivity contribution in [2.75, 3.05) is 34.5 Å². The third kappa shape index (κ3) is 3.86. The first kappa shape index (κ1) is 19.8. The van der Waals surface area contributed by atoms with Gasteiger partial charge in [-0.15, -0.1) is 0 Å². The van der Waals surface area contributed by atoms with E-state index in [4.69, 9.17) is 9.47 Å². The minimum absolute atomic E-state index is 0.0188. The van der Waals surface area contributed by atoms with Crippen molar-refractivity contribution >= 4 is 31.4 Å². The first-order valence-electron chi connectivity index (χ1n) is 9.36. The average molecular weight is 439 g/mol. The van der Waals surface area contributed by atoms with Gasteiger partial charge in [0.15, 0.2) is 11.5 Å². The molecule has 0 fully saturated rings. The number of anilines is 2. The maximum atomic E-state index is 12.8. The topological polar surface area (TPSA) is 102 Å². The van der Waals surface area contributed by atoms with Crippen LogP contribution in [-0.4, -0.2) is 42.3 Å². The van der Waals surface area contributed by atoms with E-state index in [1.807, 2.05) is 0 Å². The highest BCUT2D eigenvalue weighted by molar-refractivity contribution is 7.93. The molecule has 0 radical (unpaired) electrons. The zero-order valence-corrected chi connectivity index (χ0v) is 17.6. The van der Waals surface area contributed by atoms with Gasteiger partial charge in [-0.3, -0.25) is 9.03 Å². The average Bonchev–Trinajstić information content (AvgIpc) is 2.72. The second kappa shape index (κ2) is 7.42. The van der Waals surface area contributed by atoms with E-state index in [1.54, 1.807) is 31.2 Å². The van der Waals surface area contributed by atoms with E-state index < -0.39 is 20.0 Å². The molecule has 0 spiro atoms. The van der Waals surface area contributed by atoms with Crippen molar-refractivity contribution in [3.63, 3.8) is 0 Å². The second-order valence-electron chi connectivity index (χ2n) is 6.83. The fourth-order valence-electron chi connectivity index (χ4n) is 3.48. The quantitative estimate of drug-likeness (QED) is 0.769. The van der Waals surface area contributed by atoms with Crippen LogP contribution in [0.5, 0.6) is 11.5 Å². The Balaban J connectivity index is 1.62. The highest BCUT2D eigenvalue weighted by Gasteiger charge is 2.27. The van der Waals surface area contributed by atoms with Crippen LogP contribution in [-0.2, 0) is 26.5 Å². The van der Waals surface area contributed by atoms with Crippen molar-refractivity contribution in [3.8, 4) is 11.5 Å². The van der Waals surface area contributed by atoms with Gasteiger partial charge in [-0.2, -0.15) is 0 Å². The Morgan fingerprint density at radius 1 is 1.00 bits per heavy atom. The second-order valence-corrected chi connectivity index (χ2v) is 10.7. The number of nitrogens with one attached hydrogen (secondary N) is 1. The summed E-state index contributed by atoms with van der Waals surface area (Å²) in [5.74, 6) is 0.927. The number of fused-ring (bicyclic) bond motifs is 2. The summed E-state index contributed by atoms with van der Waals surface area (Å²) >= 11 is 0. The van der Waals surface area contributed by atoms with E-state index in [1.165, 1.54) is 16.4 Å². The van der Waals surface area contributed by atoms with E-state index in [-0.39, 0.29) is 10.6 Å². The third-order valence-electron chi connectivity index (χ3n) is 4.93. The van der Waals surface area contributed by atoms with Crippen molar-refractivity contribution in [1.29, 1.82) is 0 Å². The Kier molecular flexibility index (Phi) is 5.07. The Morgan fingerprint density at radius 3 is 2.52 bits per heavy atom. The first-order chi connectivity index (χ1) is 13.8. The molecule has 0 saturated carbocycles. The van der Waals surface area contributed by atoms with Gasteiger partial charge in [-0.25, -0.2) is 16.8 Å². The van der Waals surface area contributed by atoms with Crippen molar-refractivity contribution in [1.82, 2.24) is 0 Å². The van der Waals surface area contributed by atoms with Crippen LogP contribution in [0.1, 0.15) is 18.9 Å². The summed E-state index contributed by atoms with van der Waals surface area (Å²) in [6, 6.07) is 9.40. The zero-order valence-electron chi connectivity index (χ0n) is 15.9. The van der Waals surface area contributed by atoms with Gasteiger partial charge in [-0.1, -0.05) is 0 Å². The first-order valence-corrected chi connectivity index (χ1v) is 12.5. The molecular weight excluding hydrogens is 416 g/mol. The lowest BCUT2D eigenvalue weighted by molar-refractivity contribution is 0.171. The van der Waals surface area contributed by atoms with Crippen LogP contribution in [0.3, 0.4) is 0 Å². The van der Waals surface area contributed by atoms with Crippen LogP contribution in [0.2, 0.25) is 0 Å². The predicted octanol–water partition coefficient (Wildman–Crippen LogP) is 2.36. The molecule has 1 N–H and O–H groups in total. The van der Waals surface area contributed by atoms with Crippen molar-refractivity contribution in [2.45, 2.75) is 24.7 Å². The Bertz CT molecular complexity index is 1150. The van der Waals surface area contributed by atoms with Crippen LogP contribution >= 0.6 is 0 Å². The lowest BCUT2D eigenvalue weighted by atomic mass is 10.0. The molecule has 4 rings (SSSR count). The van der Waals surface area contributed by atoms with Gasteiger partial charge >= 0.3 is 0 Å². The molecule has 8 nitrogen and oxygen atoms in total. The summed E-state index contributed by atoms with van der Waals surface area (Å²) in [6.45, 7) is 2.84. The molecule has 0 unspecified atom stereocenters. The summed E-state index contributed by atoms with van der Waals surface area (Å²) in [6.07, 6.45) is 1.37. The number of benzene rings is 2. The molecule has 0 aliphatic carbocycles. The van der Waals surface area contributed by atoms with Gasteiger partial charge in [0, 0.05) is 18.3 Å². The smallest absolute Gasteiger partial charge is 0.262 e. The lowest BCUT2D eigenvalue weighted by Crippen LogP contribution is -2.36. The molecule has 2 heterocycles. The van der Waals surface area contributed by atoms with Crippen LogP contribution < -0.4 is 18.5 Å². The standard InChI is InChI=1S/C19H22N2O6S2/c1-2-28(22,23)21-9-3-4-14-12-15(5-7-17(14)21)20-29(24,25)16-6-8-18-19(13-16)27-11-10-26-18/h5-8,12-13,20H,2-4,9-11H2,1H3. The van der Waals surface area contributed by atoms with Gasteiger partial charge < -0.3 is 9.47 Å². The third-order valence-corrected chi connectivity index (χ3v) is 8.09. The molecule has 0 saturated heterocycles. The van der Waals surface area contributed by atoms with Crippen LogP contribution in [0, 0.1) is 0 Å². The lowest BCUT2D eigenvalue weighted by Gasteiger charge is -2.30. The molecule has 2 aliphatic heterocycles. The molecular formula is C19H22N2O6S2. The molecule has 0 amide bonds. The number of sulfonamides is 2. The minimum atomic E-state index is -3.84. The summed E-state index contributed by atoms with van der Waals surface area (Å²) in [7, 11) is -7.20. The Hall–Kier alpha value is -2.46. The highest BCUT2D eigenvalue weighted by atomic mass is 32.2. The SMILES string of the molecule is CCS(=O)(=O)N1CCCc2cc(NS(=O)(=O)c3ccc4c(c3)OCCO4)ccc21. The fraction of sp³-hybridized carbons (Fsp3) is 0.368. The molecule has 156 valence electrons. The molecule has 2 aromatic carbocycles. The molecule has 0 aromatic heterocycles. The number of ether oxygens (including phenoxy) is 2. The predicted molar refractivity (Wildman–Crippen MR) is 110 cm³/mol. The highest BCUT2D eigenvalue weighted by Crippen LogP contribution is 2.34. The Morgan fingerprint density at radius 2 is 1.76 bits per heavy atom. The minimum Gasteiger partial charge on any atom is -0.486 e. The number of aryl methyl sites for hydroxylation is 1. The summed E-state index contributed by atoms with van der Waals surface area (Å²) in [5.41, 5.74) is 1.80. The van der Waals surface area contributed by atoms with Gasteiger partial charge in [0.1, 0.15) is 13.2 Å². The number of nitrogens with zero attached hydrogens (tertiary/aromatic N) is 1. The molecule has 2 aromatic rings. The molecule has 0 atom stereocenters. The maximum Gasteiger partial charge on any atom is 0.262 e. The Labute approximate surface area is 170 Å². The van der Waals surface area contributed by atoms with E-state index in [2.05, 4.69) is 4.72 Å². The van der Waals surface area contributed by atoms with Crippen LogP contribution in [0.15, 0.2) is 41.3 Å². The monoisotopic (exact) mass is 438 g/mol. The van der Waals surface area contributed by atoms with Crippen molar-refractivity contribution in [2.24, 2.45) is 0 Å². The zero-order chi connectivity index (χ0) is 20.6. The number of hydrogen-bond acceptors (Lipinski definition) is 6. The summed E-state index contributed by atoms with van der Waals surface area (Å²) in [5, 5.41) is 0. The molecule has 0 bridgehead atoms. The van der Waals surface area contributed by atoms with Gasteiger partial charge in [0.25, 0.3) is 10.0 Å². The molecule has 2 aliphatic rings. The fourth-order valence-corrected chi connectivity index (χ4v) is 5.74. The van der Waals surface area contributed by atoms with Crippen LogP contribution in [0.4, 0.5) is 11.4 Å². The summed E-state index contributed by atoms with van der Waals surface area (Å²) in [4.78, 5) is 0.0645. The van der Waals surface area contributed by atoms with E-state index in [0.29, 0.717) is 55.5 Å². The summed E-state index contributed by atoms with van der Waals surface area (Å²) < 4.78 is 65.1. The van der Waals surface area contributed by atoms with E-state index >= 15 is 0 Å². The van der Waals surface area contributed by atoms with Crippen molar-refractivity contribution < 1.29 is 26.3 Å². The number of hydrogen-bond donors (Lipinski definition) is 1. The normalized spacial score (nSPS) is 16.2. The molecule has 10 heteroatoms. The van der Waals surface area contributed by atoms with Crippen LogP contribution in [0.25, 0.3) is 0 Å². The van der Waals surface area contributed by atoms with E-state index in [9.17, 15) is 16.8 Å². The van der Waals surface area contributed by atoms with Gasteiger partial charge in [0.2, 0.25) is 10.0 Å². The van der Waals surface area contributed by atoms with Crippen molar-refractivity contribution in [3.05, 3.63) is 42.0 Å². The van der Waals surface area contributed by atoms with Gasteiger partial charge in [-0.05, 0) is 55.7 Å². The molecule has 29 heavy (non-hydrogen) atoms. The maximum absolute atomic E-state index is 12.8. The van der Waals surface area contributed by atoms with Gasteiger partial charge in [0.05, 0.1) is 16.3 Å². The van der Waals surface area contributed by atoms with E-state index in [0.717, 1.165) is 5.56 Å².